The number of morpholine rings is 1. The summed E-state index contributed by atoms with van der Waals surface area (Å²) < 4.78 is 40.6. The van der Waals surface area contributed by atoms with Crippen LogP contribution in [0.25, 0.3) is 0 Å². The quantitative estimate of drug-likeness (QED) is 0.813. The SMILES string of the molecule is CO[C@@H]1CCC[C@@H]1[C@@H]1COCCN1S(=O)(=O)c1cn(C)c(C)n1. The minimum atomic E-state index is -3.62. The molecule has 8 heteroatoms. The third kappa shape index (κ3) is 3.05. The van der Waals surface area contributed by atoms with Crippen molar-refractivity contribution >= 4 is 10.0 Å². The molecule has 0 radical (unpaired) electrons. The van der Waals surface area contributed by atoms with Crippen molar-refractivity contribution in [1.82, 2.24) is 13.9 Å². The maximum absolute atomic E-state index is 13.1. The van der Waals surface area contributed by atoms with Gasteiger partial charge in [0.25, 0.3) is 10.0 Å². The van der Waals surface area contributed by atoms with Gasteiger partial charge in [-0.2, -0.15) is 4.31 Å². The van der Waals surface area contributed by atoms with Crippen LogP contribution in [0.3, 0.4) is 0 Å². The second kappa shape index (κ2) is 6.51. The maximum Gasteiger partial charge on any atom is 0.262 e. The zero-order chi connectivity index (χ0) is 16.6. The van der Waals surface area contributed by atoms with Crippen molar-refractivity contribution in [3.05, 3.63) is 12.0 Å². The van der Waals surface area contributed by atoms with E-state index in [1.807, 2.05) is 0 Å². The van der Waals surface area contributed by atoms with E-state index in [9.17, 15) is 8.42 Å². The van der Waals surface area contributed by atoms with E-state index in [1.165, 1.54) is 0 Å². The summed E-state index contributed by atoms with van der Waals surface area (Å²) in [5, 5.41) is 0.122. The lowest BCUT2D eigenvalue weighted by atomic mass is 9.96. The molecule has 0 spiro atoms. The van der Waals surface area contributed by atoms with Crippen LogP contribution in [0.1, 0.15) is 25.1 Å². The van der Waals surface area contributed by atoms with Gasteiger partial charge >= 0.3 is 0 Å². The molecule has 0 bridgehead atoms. The summed E-state index contributed by atoms with van der Waals surface area (Å²) in [4.78, 5) is 4.22. The van der Waals surface area contributed by atoms with Crippen LogP contribution >= 0.6 is 0 Å². The molecule has 0 N–H and O–H groups in total. The minimum Gasteiger partial charge on any atom is -0.381 e. The van der Waals surface area contributed by atoms with Crippen LogP contribution < -0.4 is 0 Å². The van der Waals surface area contributed by atoms with E-state index < -0.39 is 10.0 Å². The number of ether oxygens (including phenoxy) is 2. The average Bonchev–Trinajstić information content (AvgIpc) is 3.14. The number of rotatable bonds is 4. The molecule has 23 heavy (non-hydrogen) atoms. The minimum absolute atomic E-state index is 0.102. The van der Waals surface area contributed by atoms with Crippen LogP contribution in [-0.4, -0.2) is 61.3 Å². The maximum atomic E-state index is 13.1. The fourth-order valence-electron chi connectivity index (χ4n) is 3.70. The molecule has 0 aromatic carbocycles. The third-order valence-corrected chi connectivity index (χ3v) is 6.87. The molecule has 1 saturated heterocycles. The zero-order valence-electron chi connectivity index (χ0n) is 13.9. The van der Waals surface area contributed by atoms with Crippen LogP contribution in [0.15, 0.2) is 11.2 Å². The fraction of sp³-hybridized carbons (Fsp3) is 0.800. The summed E-state index contributed by atoms with van der Waals surface area (Å²) in [6.45, 7) is 3.02. The molecule has 1 saturated carbocycles. The topological polar surface area (TPSA) is 73.7 Å². The van der Waals surface area contributed by atoms with Gasteiger partial charge < -0.3 is 14.0 Å². The van der Waals surface area contributed by atoms with Gasteiger partial charge in [-0.15, -0.1) is 0 Å². The highest BCUT2D eigenvalue weighted by atomic mass is 32.2. The van der Waals surface area contributed by atoms with E-state index in [-0.39, 0.29) is 23.1 Å². The van der Waals surface area contributed by atoms with Crippen LogP contribution in [-0.2, 0) is 26.5 Å². The Hall–Kier alpha value is -0.960. The summed E-state index contributed by atoms with van der Waals surface area (Å²) in [5.41, 5.74) is 0. The summed E-state index contributed by atoms with van der Waals surface area (Å²) in [6, 6.07) is -0.177. The second-order valence-electron chi connectivity index (χ2n) is 6.36. The molecular weight excluding hydrogens is 318 g/mol. The Bertz CT molecular complexity index is 638. The average molecular weight is 343 g/mol. The number of hydrogen-bond donors (Lipinski definition) is 0. The Balaban J connectivity index is 1.91. The van der Waals surface area contributed by atoms with Gasteiger partial charge in [0.15, 0.2) is 5.03 Å². The van der Waals surface area contributed by atoms with Gasteiger partial charge in [-0.25, -0.2) is 13.4 Å². The zero-order valence-corrected chi connectivity index (χ0v) is 14.8. The molecule has 130 valence electrons. The summed E-state index contributed by atoms with van der Waals surface area (Å²) in [7, 11) is -0.112. The fourth-order valence-corrected chi connectivity index (χ4v) is 5.37. The van der Waals surface area contributed by atoms with E-state index in [4.69, 9.17) is 9.47 Å². The molecule has 2 aliphatic rings. The van der Waals surface area contributed by atoms with Crippen molar-refractivity contribution in [3.8, 4) is 0 Å². The predicted molar refractivity (Wildman–Crippen MR) is 84.6 cm³/mol. The monoisotopic (exact) mass is 343 g/mol. The molecular formula is C15H25N3O4S. The number of aryl methyl sites for hydroxylation is 2. The molecule has 2 heterocycles. The van der Waals surface area contributed by atoms with Crippen molar-refractivity contribution in [2.24, 2.45) is 13.0 Å². The highest BCUT2D eigenvalue weighted by Crippen LogP contribution is 2.35. The van der Waals surface area contributed by atoms with Crippen LogP contribution in [0.4, 0.5) is 0 Å². The summed E-state index contributed by atoms with van der Waals surface area (Å²) in [5.74, 6) is 0.865. The van der Waals surface area contributed by atoms with Crippen molar-refractivity contribution in [1.29, 1.82) is 0 Å². The van der Waals surface area contributed by atoms with E-state index in [0.29, 0.717) is 25.6 Å². The number of imidazole rings is 1. The molecule has 0 amide bonds. The predicted octanol–water partition coefficient (Wildman–Crippen LogP) is 0.933. The van der Waals surface area contributed by atoms with Crippen molar-refractivity contribution in [3.63, 3.8) is 0 Å². The second-order valence-corrected chi connectivity index (χ2v) is 8.20. The number of sulfonamides is 1. The van der Waals surface area contributed by atoms with Gasteiger partial charge in [-0.1, -0.05) is 6.42 Å². The number of hydrogen-bond acceptors (Lipinski definition) is 5. The van der Waals surface area contributed by atoms with Gasteiger partial charge in [0.2, 0.25) is 0 Å². The Morgan fingerprint density at radius 1 is 1.39 bits per heavy atom. The third-order valence-electron chi connectivity index (χ3n) is 5.07. The first kappa shape index (κ1) is 16.9. The Morgan fingerprint density at radius 2 is 2.17 bits per heavy atom. The van der Waals surface area contributed by atoms with Gasteiger partial charge in [-0.05, 0) is 19.8 Å². The lowest BCUT2D eigenvalue weighted by Gasteiger charge is -2.39. The van der Waals surface area contributed by atoms with Crippen LogP contribution in [0.5, 0.6) is 0 Å². The van der Waals surface area contributed by atoms with Gasteiger partial charge in [0.05, 0.1) is 25.4 Å². The van der Waals surface area contributed by atoms with E-state index in [1.54, 1.807) is 36.2 Å². The van der Waals surface area contributed by atoms with Crippen molar-refractivity contribution in [2.75, 3.05) is 26.9 Å². The molecule has 2 fully saturated rings. The highest BCUT2D eigenvalue weighted by Gasteiger charge is 2.44. The van der Waals surface area contributed by atoms with E-state index >= 15 is 0 Å². The molecule has 7 nitrogen and oxygen atoms in total. The molecule has 3 atom stereocenters. The van der Waals surface area contributed by atoms with Gasteiger partial charge in [-0.3, -0.25) is 0 Å². The lowest BCUT2D eigenvalue weighted by molar-refractivity contribution is -0.0260. The Kier molecular flexibility index (Phi) is 4.78. The molecule has 1 aromatic rings. The first-order valence-electron chi connectivity index (χ1n) is 8.07. The normalized spacial score (nSPS) is 30.0. The van der Waals surface area contributed by atoms with Crippen LogP contribution in [0.2, 0.25) is 0 Å². The first-order valence-corrected chi connectivity index (χ1v) is 9.51. The van der Waals surface area contributed by atoms with E-state index in [2.05, 4.69) is 4.98 Å². The van der Waals surface area contributed by atoms with Crippen molar-refractivity contribution in [2.45, 2.75) is 43.4 Å². The smallest absolute Gasteiger partial charge is 0.262 e. The van der Waals surface area contributed by atoms with E-state index in [0.717, 1.165) is 19.3 Å². The first-order chi connectivity index (χ1) is 10.9. The highest BCUT2D eigenvalue weighted by molar-refractivity contribution is 7.89. The summed E-state index contributed by atoms with van der Waals surface area (Å²) in [6.07, 6.45) is 4.70. The summed E-state index contributed by atoms with van der Waals surface area (Å²) >= 11 is 0. The molecule has 1 aliphatic heterocycles. The van der Waals surface area contributed by atoms with Crippen LogP contribution in [0, 0.1) is 12.8 Å². The molecule has 1 aromatic heterocycles. The molecule has 3 rings (SSSR count). The molecule has 1 aliphatic carbocycles. The molecule has 0 unspecified atom stereocenters. The Morgan fingerprint density at radius 3 is 2.83 bits per heavy atom. The Labute approximate surface area is 137 Å². The van der Waals surface area contributed by atoms with Gasteiger partial charge in [0, 0.05) is 32.8 Å². The largest absolute Gasteiger partial charge is 0.381 e. The van der Waals surface area contributed by atoms with Gasteiger partial charge in [0.1, 0.15) is 5.82 Å². The van der Waals surface area contributed by atoms with Crippen molar-refractivity contribution < 1.29 is 17.9 Å². The number of nitrogens with zero attached hydrogens (tertiary/aromatic N) is 3. The number of aromatic nitrogens is 2. The lowest BCUT2D eigenvalue weighted by Crippen LogP contribution is -2.53. The number of methoxy groups -OCH3 is 1. The standard InChI is InChI=1S/C15H25N3O4S/c1-11-16-15(9-17(11)2)23(19,20)18-7-8-22-10-13(18)12-5-4-6-14(12)21-3/h9,12-14H,4-8,10H2,1-3H3/t12-,13+,14-/m1/s1.